The van der Waals surface area contributed by atoms with Gasteiger partial charge in [-0.2, -0.15) is 0 Å². The number of phenolic OH excluding ortho intramolecular Hbond substituents is 1. The molecule has 1 amide bonds. The van der Waals surface area contributed by atoms with Gasteiger partial charge in [0.25, 0.3) is 12.3 Å². The predicted molar refractivity (Wildman–Crippen MR) is 138 cm³/mol. The Morgan fingerprint density at radius 1 is 1.20 bits per heavy atom. The highest BCUT2D eigenvalue weighted by molar-refractivity contribution is 6.24. The molecule has 1 unspecified atom stereocenters. The molecule has 2 saturated carbocycles. The Morgan fingerprint density at radius 2 is 1.85 bits per heavy atom. The van der Waals surface area contributed by atoms with Crippen LogP contribution in [0.3, 0.4) is 0 Å². The predicted octanol–water partition coefficient (Wildman–Crippen LogP) is 1.58. The molecule has 0 bridgehead atoms. The molecule has 0 aromatic heterocycles. The zero-order valence-electron chi connectivity index (χ0n) is 22.5. The number of nitrogens with zero attached hydrogens (tertiary/aromatic N) is 2. The highest BCUT2D eigenvalue weighted by Gasteiger charge is 2.64. The topological polar surface area (TPSA) is 165 Å². The molecule has 0 radical (unpaired) electrons. The van der Waals surface area contributed by atoms with Gasteiger partial charge in [0.1, 0.15) is 28.7 Å². The number of carbonyl (C=O) groups excluding carboxylic acids is 3. The van der Waals surface area contributed by atoms with Crippen molar-refractivity contribution >= 4 is 23.2 Å². The molecule has 4 atom stereocenters. The van der Waals surface area contributed by atoms with Crippen LogP contribution in [-0.4, -0.2) is 93.0 Å². The second kappa shape index (κ2) is 10.1. The minimum atomic E-state index is -2.79. The Kier molecular flexibility index (Phi) is 7.19. The summed E-state index contributed by atoms with van der Waals surface area (Å²) in [6.07, 6.45) is -1.27. The van der Waals surface area contributed by atoms with Crippen LogP contribution in [0.25, 0.3) is 5.76 Å². The smallest absolute Gasteiger partial charge is 0.255 e. The van der Waals surface area contributed by atoms with Crippen molar-refractivity contribution in [1.82, 2.24) is 9.80 Å². The first-order valence-corrected chi connectivity index (χ1v) is 13.4. The Balaban J connectivity index is 1.60. The molecule has 10 nitrogen and oxygen atoms in total. The molecule has 0 spiro atoms. The summed E-state index contributed by atoms with van der Waals surface area (Å²) in [6, 6.07) is -0.242. The van der Waals surface area contributed by atoms with Gasteiger partial charge in [0, 0.05) is 35.7 Å². The van der Waals surface area contributed by atoms with E-state index >= 15 is 4.39 Å². The van der Waals surface area contributed by atoms with Crippen molar-refractivity contribution in [3.05, 3.63) is 45.5 Å². The number of nitrogens with two attached hydrogens (primary N) is 1. The fourth-order valence-corrected chi connectivity index (χ4v) is 6.77. The van der Waals surface area contributed by atoms with Crippen molar-refractivity contribution in [2.75, 3.05) is 27.2 Å². The highest BCUT2D eigenvalue weighted by atomic mass is 19.3. The first-order chi connectivity index (χ1) is 19.2. The van der Waals surface area contributed by atoms with Gasteiger partial charge in [0.15, 0.2) is 11.4 Å². The maximum Gasteiger partial charge on any atom is 0.255 e. The molecule has 1 aromatic rings. The van der Waals surface area contributed by atoms with Crippen LogP contribution < -0.4 is 5.73 Å². The molecule has 222 valence electrons. The molecule has 4 aliphatic rings. The lowest BCUT2D eigenvalue weighted by molar-refractivity contribution is -0.153. The van der Waals surface area contributed by atoms with Gasteiger partial charge < -0.3 is 26.2 Å². The maximum atomic E-state index is 15.9. The largest absolute Gasteiger partial charge is 0.508 e. The molecule has 0 saturated heterocycles. The van der Waals surface area contributed by atoms with E-state index in [9.17, 15) is 43.6 Å². The number of benzene rings is 1. The van der Waals surface area contributed by atoms with Crippen LogP contribution in [0.4, 0.5) is 13.2 Å². The van der Waals surface area contributed by atoms with Crippen LogP contribution in [0.1, 0.15) is 36.0 Å². The summed E-state index contributed by atoms with van der Waals surface area (Å²) in [5, 5.41) is 44.5. The van der Waals surface area contributed by atoms with Gasteiger partial charge in [-0.05, 0) is 57.7 Å². The summed E-state index contributed by atoms with van der Waals surface area (Å²) in [5.74, 6) is -8.86. The lowest BCUT2D eigenvalue weighted by atomic mass is 9.57. The number of phenols is 1. The summed E-state index contributed by atoms with van der Waals surface area (Å²) in [7, 11) is 2.95. The molecule has 1 aromatic carbocycles. The monoisotopic (exact) mass is 579 g/mol. The quantitative estimate of drug-likeness (QED) is 0.288. The molecular weight excluding hydrogens is 547 g/mol. The number of fused-ring (bicyclic) bond motifs is 3. The van der Waals surface area contributed by atoms with Crippen LogP contribution in [0, 0.1) is 23.6 Å². The summed E-state index contributed by atoms with van der Waals surface area (Å²) in [5.41, 5.74) is 0.617. The molecule has 41 heavy (non-hydrogen) atoms. The third-order valence-corrected chi connectivity index (χ3v) is 8.73. The lowest BCUT2D eigenvalue weighted by Gasteiger charge is -2.50. The van der Waals surface area contributed by atoms with Gasteiger partial charge in [-0.25, -0.2) is 13.2 Å². The standard InChI is InChI=1S/C28H32F3N3O7/c1-33(2)22-15-6-12-5-14-19(16(35)7-13(21(14)31)9-34(10-17(29)30)8-11-3-4-11)23(36)18(12)25(38)28(15,41)26(39)20(24(22)37)27(32)40/h7,11-12,15,17,22,35-36,39,41H,3-6,8-10H2,1-2H3,(H2,32,40)/t12?,15-,22-,28-/m0/s1. The SMILES string of the molecule is CN(C)[C@@H]1C(=O)C(C(N)=O)=C(O)[C@@]2(O)C(=O)C3=C(O)c4c(O)cc(CN(CC(F)F)CC5CC5)c(F)c4CC3C[C@@H]12. The van der Waals surface area contributed by atoms with Crippen molar-refractivity contribution < 1.29 is 48.0 Å². The number of carbonyl (C=O) groups is 3. The van der Waals surface area contributed by atoms with Gasteiger partial charge in [-0.3, -0.25) is 24.2 Å². The van der Waals surface area contributed by atoms with Crippen molar-refractivity contribution in [1.29, 1.82) is 0 Å². The van der Waals surface area contributed by atoms with Crippen LogP contribution in [0.15, 0.2) is 23.0 Å². The van der Waals surface area contributed by atoms with Crippen LogP contribution in [0.2, 0.25) is 0 Å². The first kappa shape index (κ1) is 29.1. The Bertz CT molecular complexity index is 1400. The summed E-state index contributed by atoms with van der Waals surface area (Å²) in [4.78, 5) is 41.8. The number of Topliss-reactive ketones (excluding diaryl/α,β-unsaturated/α-hetero) is 2. The summed E-state index contributed by atoms with van der Waals surface area (Å²) < 4.78 is 42.4. The second-order valence-corrected chi connectivity index (χ2v) is 11.7. The fraction of sp³-hybridized carbons (Fsp3) is 0.536. The van der Waals surface area contributed by atoms with Gasteiger partial charge in [-0.1, -0.05) is 0 Å². The van der Waals surface area contributed by atoms with E-state index in [1.165, 1.54) is 23.9 Å². The molecular formula is C28H32F3N3O7. The third-order valence-electron chi connectivity index (χ3n) is 8.73. The molecule has 0 aliphatic heterocycles. The van der Waals surface area contributed by atoms with E-state index in [0.29, 0.717) is 6.54 Å². The van der Waals surface area contributed by atoms with Gasteiger partial charge >= 0.3 is 0 Å². The van der Waals surface area contributed by atoms with Crippen molar-refractivity contribution in [2.24, 2.45) is 23.5 Å². The minimum absolute atomic E-state index is 0.0527. The molecule has 2 fully saturated rings. The summed E-state index contributed by atoms with van der Waals surface area (Å²) in [6.45, 7) is -0.439. The Hall–Kier alpha value is -3.42. The van der Waals surface area contributed by atoms with Gasteiger partial charge in [0.05, 0.1) is 18.2 Å². The number of hydrogen-bond donors (Lipinski definition) is 5. The van der Waals surface area contributed by atoms with E-state index in [-0.39, 0.29) is 42.0 Å². The third kappa shape index (κ3) is 4.59. The van der Waals surface area contributed by atoms with E-state index in [1.54, 1.807) is 0 Å². The van der Waals surface area contributed by atoms with Crippen LogP contribution in [0.5, 0.6) is 5.75 Å². The van der Waals surface area contributed by atoms with E-state index in [0.717, 1.165) is 18.9 Å². The number of aliphatic hydroxyl groups is 3. The molecule has 5 rings (SSSR count). The average molecular weight is 580 g/mol. The highest BCUT2D eigenvalue weighted by Crippen LogP contribution is 2.53. The molecule has 13 heteroatoms. The fourth-order valence-electron chi connectivity index (χ4n) is 6.77. The van der Waals surface area contributed by atoms with E-state index in [1.807, 2.05) is 0 Å². The van der Waals surface area contributed by atoms with Crippen molar-refractivity contribution in [2.45, 2.75) is 50.3 Å². The average Bonchev–Trinajstić information content (AvgIpc) is 3.67. The first-order valence-electron chi connectivity index (χ1n) is 13.4. The van der Waals surface area contributed by atoms with Crippen molar-refractivity contribution in [3.63, 3.8) is 0 Å². The van der Waals surface area contributed by atoms with E-state index < -0.39 is 88.2 Å². The second-order valence-electron chi connectivity index (χ2n) is 11.7. The zero-order valence-corrected chi connectivity index (χ0v) is 22.5. The number of alkyl halides is 2. The summed E-state index contributed by atoms with van der Waals surface area (Å²) >= 11 is 0. The number of hydrogen-bond acceptors (Lipinski definition) is 9. The Morgan fingerprint density at radius 3 is 2.41 bits per heavy atom. The van der Waals surface area contributed by atoms with Crippen LogP contribution in [-0.2, 0) is 27.3 Å². The number of rotatable bonds is 8. The zero-order chi connectivity index (χ0) is 30.1. The minimum Gasteiger partial charge on any atom is -0.508 e. The van der Waals surface area contributed by atoms with Gasteiger partial charge in [0.2, 0.25) is 5.78 Å². The number of amides is 1. The number of ketones is 2. The number of halogens is 3. The normalized spacial score (nSPS) is 28.0. The number of likely N-dealkylation sites (N-methyl/N-ethyl adjacent to an activating group) is 1. The molecule has 0 heterocycles. The van der Waals surface area contributed by atoms with E-state index in [4.69, 9.17) is 5.73 Å². The molecule has 4 aliphatic carbocycles. The van der Waals surface area contributed by atoms with Gasteiger partial charge in [-0.15, -0.1) is 0 Å². The van der Waals surface area contributed by atoms with E-state index in [2.05, 4.69) is 0 Å². The Labute approximate surface area is 233 Å². The lowest BCUT2D eigenvalue weighted by Crippen LogP contribution is -2.65. The maximum absolute atomic E-state index is 15.9. The molecule has 6 N–H and O–H groups in total. The number of aromatic hydroxyl groups is 1. The van der Waals surface area contributed by atoms with Crippen molar-refractivity contribution in [3.8, 4) is 5.75 Å². The number of primary amides is 1. The number of aliphatic hydroxyl groups excluding tert-OH is 2. The van der Waals surface area contributed by atoms with Crippen LogP contribution >= 0.6 is 0 Å².